The summed E-state index contributed by atoms with van der Waals surface area (Å²) in [6.45, 7) is 0. The van der Waals surface area contributed by atoms with E-state index in [4.69, 9.17) is 9.94 Å². The monoisotopic (exact) mass is 299 g/mol. The fourth-order valence-corrected chi connectivity index (χ4v) is 1.94. The summed E-state index contributed by atoms with van der Waals surface area (Å²) in [5, 5.41) is 19.0. The SMILES string of the molecule is O[NH2+]c1ccc(O[C@H](O)n2cnc(-c3cccnc3)c2)cc1. The van der Waals surface area contributed by atoms with Gasteiger partial charge < -0.3 is 9.84 Å². The van der Waals surface area contributed by atoms with Crippen LogP contribution in [0.3, 0.4) is 0 Å². The number of pyridine rings is 1. The topological polar surface area (TPSA) is 97.0 Å². The molecule has 0 aliphatic carbocycles. The van der Waals surface area contributed by atoms with Gasteiger partial charge in [0.05, 0.1) is 5.69 Å². The van der Waals surface area contributed by atoms with E-state index in [1.165, 1.54) is 10.9 Å². The van der Waals surface area contributed by atoms with E-state index < -0.39 is 6.41 Å². The Hall–Kier alpha value is -2.74. The van der Waals surface area contributed by atoms with E-state index >= 15 is 0 Å². The van der Waals surface area contributed by atoms with Crippen molar-refractivity contribution in [2.24, 2.45) is 0 Å². The summed E-state index contributed by atoms with van der Waals surface area (Å²) in [6.07, 6.45) is 5.36. The number of aromatic nitrogens is 3. The van der Waals surface area contributed by atoms with Crippen LogP contribution in [-0.2, 0) is 0 Å². The Bertz CT molecular complexity index is 728. The van der Waals surface area contributed by atoms with Gasteiger partial charge in [-0.25, -0.2) is 10.2 Å². The van der Waals surface area contributed by atoms with E-state index in [0.717, 1.165) is 11.0 Å². The van der Waals surface area contributed by atoms with E-state index in [1.54, 1.807) is 42.9 Å². The summed E-state index contributed by atoms with van der Waals surface area (Å²) in [5.74, 6) is 0.481. The van der Waals surface area contributed by atoms with Gasteiger partial charge in [0, 0.05) is 36.3 Å². The van der Waals surface area contributed by atoms with Crippen LogP contribution in [0, 0.1) is 0 Å². The van der Waals surface area contributed by atoms with Crippen molar-refractivity contribution in [3.8, 4) is 17.0 Å². The van der Waals surface area contributed by atoms with Gasteiger partial charge in [0.25, 0.3) is 6.41 Å². The lowest BCUT2D eigenvalue weighted by atomic mass is 10.2. The summed E-state index contributed by atoms with van der Waals surface area (Å²) in [7, 11) is 0. The Balaban J connectivity index is 1.72. The first kappa shape index (κ1) is 14.2. The molecule has 2 aromatic heterocycles. The lowest BCUT2D eigenvalue weighted by molar-refractivity contribution is -0.825. The van der Waals surface area contributed by atoms with E-state index in [1.807, 2.05) is 12.1 Å². The van der Waals surface area contributed by atoms with Crippen LogP contribution in [0.5, 0.6) is 5.75 Å². The molecule has 0 saturated carbocycles. The number of hydrogen-bond donors (Lipinski definition) is 3. The third kappa shape index (κ3) is 3.12. The summed E-state index contributed by atoms with van der Waals surface area (Å²) < 4.78 is 6.87. The average molecular weight is 299 g/mol. The van der Waals surface area contributed by atoms with Crippen LogP contribution in [0.15, 0.2) is 61.3 Å². The highest BCUT2D eigenvalue weighted by atomic mass is 16.6. The molecule has 0 bridgehead atoms. The maximum absolute atomic E-state index is 10.1. The quantitative estimate of drug-likeness (QED) is 0.372. The van der Waals surface area contributed by atoms with Crippen molar-refractivity contribution in [3.63, 3.8) is 0 Å². The fourth-order valence-electron chi connectivity index (χ4n) is 1.94. The minimum atomic E-state index is -1.19. The van der Waals surface area contributed by atoms with Crippen LogP contribution in [-0.4, -0.2) is 24.8 Å². The smallest absolute Gasteiger partial charge is 0.286 e. The predicted octanol–water partition coefficient (Wildman–Crippen LogP) is 1.06. The Labute approximate surface area is 126 Å². The number of benzene rings is 1. The third-order valence-corrected chi connectivity index (χ3v) is 3.08. The van der Waals surface area contributed by atoms with E-state index in [2.05, 4.69) is 9.97 Å². The zero-order valence-corrected chi connectivity index (χ0v) is 11.6. The van der Waals surface area contributed by atoms with Crippen molar-refractivity contribution in [2.75, 3.05) is 0 Å². The van der Waals surface area contributed by atoms with Crippen LogP contribution < -0.4 is 10.2 Å². The molecule has 0 spiro atoms. The van der Waals surface area contributed by atoms with Crippen molar-refractivity contribution in [1.82, 2.24) is 14.5 Å². The van der Waals surface area contributed by atoms with Gasteiger partial charge >= 0.3 is 0 Å². The molecule has 2 heterocycles. The average Bonchev–Trinajstić information content (AvgIpc) is 3.06. The van der Waals surface area contributed by atoms with Gasteiger partial charge in [0.1, 0.15) is 12.1 Å². The third-order valence-electron chi connectivity index (χ3n) is 3.08. The lowest BCUT2D eigenvalue weighted by Gasteiger charge is -2.13. The van der Waals surface area contributed by atoms with Gasteiger partial charge in [0.15, 0.2) is 5.69 Å². The highest BCUT2D eigenvalue weighted by Crippen LogP contribution is 2.20. The number of aliphatic hydroxyl groups excluding tert-OH is 1. The molecule has 0 amide bonds. The maximum atomic E-state index is 10.1. The molecule has 4 N–H and O–H groups in total. The summed E-state index contributed by atoms with van der Waals surface area (Å²) >= 11 is 0. The largest absolute Gasteiger partial charge is 0.446 e. The van der Waals surface area contributed by atoms with Crippen LogP contribution in [0.1, 0.15) is 6.41 Å². The Morgan fingerprint density at radius 2 is 2.00 bits per heavy atom. The molecule has 112 valence electrons. The van der Waals surface area contributed by atoms with Crippen molar-refractivity contribution >= 4 is 5.69 Å². The van der Waals surface area contributed by atoms with Gasteiger partial charge in [0.2, 0.25) is 0 Å². The van der Waals surface area contributed by atoms with Crippen molar-refractivity contribution in [1.29, 1.82) is 0 Å². The molecule has 7 heteroatoms. The number of imidazole rings is 1. The van der Waals surface area contributed by atoms with Gasteiger partial charge in [-0.15, -0.1) is 0 Å². The van der Waals surface area contributed by atoms with Crippen molar-refractivity contribution in [3.05, 3.63) is 61.3 Å². The number of rotatable bonds is 5. The minimum Gasteiger partial charge on any atom is -0.446 e. The van der Waals surface area contributed by atoms with E-state index in [-0.39, 0.29) is 0 Å². The number of quaternary nitrogens is 1. The van der Waals surface area contributed by atoms with Gasteiger partial charge in [-0.3, -0.25) is 9.55 Å². The minimum absolute atomic E-state index is 0.481. The molecule has 0 aliphatic rings. The molecular formula is C15H15N4O3+. The first-order valence-electron chi connectivity index (χ1n) is 6.62. The highest BCUT2D eigenvalue weighted by Gasteiger charge is 2.11. The second-order valence-corrected chi connectivity index (χ2v) is 4.59. The molecule has 7 nitrogen and oxygen atoms in total. The molecule has 1 atom stereocenters. The Morgan fingerprint density at radius 1 is 1.18 bits per heavy atom. The number of nitrogens with two attached hydrogens (primary N) is 1. The molecule has 1 aromatic carbocycles. The first-order chi connectivity index (χ1) is 10.8. The predicted molar refractivity (Wildman–Crippen MR) is 77.2 cm³/mol. The van der Waals surface area contributed by atoms with Crippen LogP contribution >= 0.6 is 0 Å². The van der Waals surface area contributed by atoms with Crippen LogP contribution in [0.25, 0.3) is 11.3 Å². The zero-order chi connectivity index (χ0) is 15.4. The van der Waals surface area contributed by atoms with Crippen molar-refractivity contribution in [2.45, 2.75) is 6.41 Å². The molecule has 3 aromatic rings. The molecule has 3 rings (SSSR count). The summed E-state index contributed by atoms with van der Waals surface area (Å²) in [6, 6.07) is 10.4. The first-order valence-corrected chi connectivity index (χ1v) is 6.62. The summed E-state index contributed by atoms with van der Waals surface area (Å²) in [5.41, 5.74) is 3.21. The second-order valence-electron chi connectivity index (χ2n) is 4.59. The van der Waals surface area contributed by atoms with E-state index in [9.17, 15) is 5.11 Å². The molecule has 0 saturated heterocycles. The second kappa shape index (κ2) is 6.35. The standard InChI is InChI=1S/C15H14N4O3/c20-15(22-13-5-3-12(18-21)4-6-13)19-9-14(17-10-19)11-2-1-7-16-8-11/h1-10,15,18,20-21H/p+1/t15-/m0/s1. The Morgan fingerprint density at radius 3 is 2.68 bits per heavy atom. The van der Waals surface area contributed by atoms with Gasteiger partial charge in [-0.2, -0.15) is 5.48 Å². The molecule has 0 unspecified atom stereocenters. The molecule has 0 radical (unpaired) electrons. The fraction of sp³-hybridized carbons (Fsp3) is 0.0667. The van der Waals surface area contributed by atoms with Crippen LogP contribution in [0.4, 0.5) is 5.69 Å². The maximum Gasteiger partial charge on any atom is 0.286 e. The summed E-state index contributed by atoms with van der Waals surface area (Å²) in [4.78, 5) is 8.25. The molecule has 0 fully saturated rings. The van der Waals surface area contributed by atoms with Crippen LogP contribution in [0.2, 0.25) is 0 Å². The number of ether oxygens (including phenoxy) is 1. The number of nitrogens with zero attached hydrogens (tertiary/aromatic N) is 3. The van der Waals surface area contributed by atoms with Gasteiger partial charge in [-0.05, 0) is 24.3 Å². The van der Waals surface area contributed by atoms with Crippen molar-refractivity contribution < 1.29 is 20.5 Å². The van der Waals surface area contributed by atoms with E-state index in [0.29, 0.717) is 17.1 Å². The normalized spacial score (nSPS) is 12.1. The molecule has 22 heavy (non-hydrogen) atoms. The highest BCUT2D eigenvalue weighted by molar-refractivity contribution is 5.56. The molecule has 0 aliphatic heterocycles. The zero-order valence-electron chi connectivity index (χ0n) is 11.6. The number of hydrogen-bond acceptors (Lipinski definition) is 5. The lowest BCUT2D eigenvalue weighted by Crippen LogP contribution is -2.73. The van der Waals surface area contributed by atoms with Gasteiger partial charge in [-0.1, -0.05) is 0 Å². The number of aliphatic hydroxyl groups is 1. The Kier molecular flexibility index (Phi) is 4.10. The molecular weight excluding hydrogens is 284 g/mol.